The third-order valence-electron chi connectivity index (χ3n) is 3.95. The number of rotatable bonds is 8. The molecule has 1 fully saturated rings. The Morgan fingerprint density at radius 2 is 1.75 bits per heavy atom. The Kier molecular flexibility index (Phi) is 14.4. The summed E-state index contributed by atoms with van der Waals surface area (Å²) in [5.41, 5.74) is 5.99. The van der Waals surface area contributed by atoms with Gasteiger partial charge in [-0.2, -0.15) is 0 Å². The number of ether oxygens (including phenoxy) is 3. The number of aliphatic carboxylic acids is 2. The second-order valence-corrected chi connectivity index (χ2v) is 6.84. The Morgan fingerprint density at radius 1 is 1.16 bits per heavy atom. The van der Waals surface area contributed by atoms with E-state index in [4.69, 9.17) is 39.7 Å². The number of nitrogens with zero attached hydrogens (tertiary/aromatic N) is 1. The zero-order valence-corrected chi connectivity index (χ0v) is 19.3. The molecule has 0 aromatic heterocycles. The Balaban J connectivity index is 0.00000104. The molecule has 11 nitrogen and oxygen atoms in total. The van der Waals surface area contributed by atoms with E-state index in [2.05, 4.69) is 10.2 Å². The molecule has 1 aliphatic heterocycles. The molecule has 5 N–H and O–H groups in total. The lowest BCUT2D eigenvalue weighted by molar-refractivity contribution is -0.135. The second-order valence-electron chi connectivity index (χ2n) is 6.84. The number of methoxy groups -OCH3 is 1. The molecule has 0 saturated carbocycles. The maximum Gasteiger partial charge on any atom is 0.300 e. The van der Waals surface area contributed by atoms with Crippen LogP contribution in [-0.2, 0) is 14.3 Å². The summed E-state index contributed by atoms with van der Waals surface area (Å²) in [7, 11) is 3.58. The molecule has 1 heterocycles. The average molecular weight is 458 g/mol. The van der Waals surface area contributed by atoms with Crippen molar-refractivity contribution in [2.45, 2.75) is 32.9 Å². The number of carbonyl (C=O) groups is 3. The van der Waals surface area contributed by atoms with Crippen molar-refractivity contribution < 1.29 is 38.8 Å². The summed E-state index contributed by atoms with van der Waals surface area (Å²) in [5, 5.41) is 17.9. The molecule has 0 spiro atoms. The molecule has 182 valence electrons. The van der Waals surface area contributed by atoms with E-state index in [1.54, 1.807) is 25.3 Å². The zero-order chi connectivity index (χ0) is 24.7. The van der Waals surface area contributed by atoms with E-state index in [-0.39, 0.29) is 18.1 Å². The van der Waals surface area contributed by atoms with Crippen LogP contribution in [0.2, 0.25) is 0 Å². The second kappa shape index (κ2) is 15.8. The van der Waals surface area contributed by atoms with E-state index < -0.39 is 11.9 Å². The highest BCUT2D eigenvalue weighted by Gasteiger charge is 2.32. The average Bonchev–Trinajstić information content (AvgIpc) is 3.04. The van der Waals surface area contributed by atoms with Crippen molar-refractivity contribution in [3.63, 3.8) is 0 Å². The minimum atomic E-state index is -0.833. The van der Waals surface area contributed by atoms with Crippen molar-refractivity contribution in [1.29, 1.82) is 0 Å². The zero-order valence-electron chi connectivity index (χ0n) is 19.3. The first-order valence-electron chi connectivity index (χ1n) is 10.1. The van der Waals surface area contributed by atoms with Crippen molar-refractivity contribution in [1.82, 2.24) is 10.2 Å². The molecule has 2 atom stereocenters. The maximum atomic E-state index is 12.6. The standard InChI is InChI=1S/C17H27N3O4.2C2H4O2/c1-4-23-16-11-20(2)10-13(16)19-17(21)12-5-6-14(22-3)15(9-12)24-8-7-18;2*1-2(3)4/h5-6,9,13,16H,4,7-8,10-11,18H2,1-3H3,(H,19,21);2*1H3,(H,3,4)/t13-,16-;;/m0../s1. The number of carboxylic acid groups (broad SMARTS) is 2. The van der Waals surface area contributed by atoms with Gasteiger partial charge in [-0.15, -0.1) is 0 Å². The van der Waals surface area contributed by atoms with E-state index in [1.165, 1.54) is 0 Å². The summed E-state index contributed by atoms with van der Waals surface area (Å²) in [6, 6.07) is 5.09. The Hall–Kier alpha value is -2.89. The summed E-state index contributed by atoms with van der Waals surface area (Å²) in [6.45, 7) is 7.09. The van der Waals surface area contributed by atoms with Gasteiger partial charge in [0.15, 0.2) is 11.5 Å². The lowest BCUT2D eigenvalue weighted by Crippen LogP contribution is -2.44. The third kappa shape index (κ3) is 12.1. The van der Waals surface area contributed by atoms with Crippen LogP contribution in [0.5, 0.6) is 11.5 Å². The summed E-state index contributed by atoms with van der Waals surface area (Å²) < 4.78 is 16.5. The molecule has 32 heavy (non-hydrogen) atoms. The highest BCUT2D eigenvalue weighted by atomic mass is 16.5. The van der Waals surface area contributed by atoms with Crippen LogP contribution in [-0.4, -0.2) is 92.1 Å². The van der Waals surface area contributed by atoms with Gasteiger partial charge < -0.3 is 40.4 Å². The van der Waals surface area contributed by atoms with Crippen LogP contribution >= 0.6 is 0 Å². The van der Waals surface area contributed by atoms with Crippen LogP contribution in [0.1, 0.15) is 31.1 Å². The van der Waals surface area contributed by atoms with Crippen LogP contribution in [0.25, 0.3) is 0 Å². The number of carbonyl (C=O) groups excluding carboxylic acids is 1. The molecule has 1 saturated heterocycles. The maximum absolute atomic E-state index is 12.6. The molecule has 2 rings (SSSR count). The number of nitrogens with one attached hydrogen (secondary N) is 1. The van der Waals surface area contributed by atoms with E-state index in [0.29, 0.717) is 36.8 Å². The molecular weight excluding hydrogens is 422 g/mol. The molecule has 1 aromatic carbocycles. The number of benzene rings is 1. The van der Waals surface area contributed by atoms with Gasteiger partial charge in [0.05, 0.1) is 19.3 Å². The Morgan fingerprint density at radius 3 is 2.25 bits per heavy atom. The minimum Gasteiger partial charge on any atom is -0.493 e. The predicted octanol–water partition coefficient (Wildman–Crippen LogP) is 0.663. The number of carboxylic acids is 2. The van der Waals surface area contributed by atoms with Crippen LogP contribution in [0.4, 0.5) is 0 Å². The fraction of sp³-hybridized carbons (Fsp3) is 0.571. The monoisotopic (exact) mass is 457 g/mol. The minimum absolute atomic E-state index is 0.00941. The fourth-order valence-electron chi connectivity index (χ4n) is 2.84. The number of hydrogen-bond acceptors (Lipinski definition) is 8. The first kappa shape index (κ1) is 29.1. The van der Waals surface area contributed by atoms with Crippen molar-refractivity contribution in [3.05, 3.63) is 23.8 Å². The lowest BCUT2D eigenvalue weighted by atomic mass is 10.1. The molecule has 0 unspecified atom stereocenters. The molecule has 0 radical (unpaired) electrons. The highest BCUT2D eigenvalue weighted by molar-refractivity contribution is 5.95. The van der Waals surface area contributed by atoms with Crippen LogP contribution in [0.15, 0.2) is 18.2 Å². The molecular formula is C21H35N3O8. The quantitative estimate of drug-likeness (QED) is 0.436. The SMILES string of the molecule is CC(=O)O.CC(=O)O.CCO[C@H]1CN(C)C[C@@H]1NC(=O)c1ccc(OC)c(OCCN)c1. The molecule has 1 aliphatic rings. The molecule has 1 aromatic rings. The van der Waals surface area contributed by atoms with E-state index in [1.807, 2.05) is 14.0 Å². The molecule has 11 heteroatoms. The van der Waals surface area contributed by atoms with Gasteiger partial charge in [-0.25, -0.2) is 0 Å². The normalized spacial score (nSPS) is 17.2. The first-order valence-corrected chi connectivity index (χ1v) is 10.1. The number of hydrogen-bond donors (Lipinski definition) is 4. The van der Waals surface area contributed by atoms with Gasteiger partial charge in [0.1, 0.15) is 6.61 Å². The van der Waals surface area contributed by atoms with Gasteiger partial charge in [-0.1, -0.05) is 0 Å². The van der Waals surface area contributed by atoms with Crippen molar-refractivity contribution >= 4 is 17.8 Å². The summed E-state index contributed by atoms with van der Waals surface area (Å²) in [5.74, 6) is -0.728. The third-order valence-corrected chi connectivity index (χ3v) is 3.95. The number of amides is 1. The van der Waals surface area contributed by atoms with Crippen molar-refractivity contribution in [3.8, 4) is 11.5 Å². The molecule has 0 aliphatic carbocycles. The van der Waals surface area contributed by atoms with Crippen LogP contribution < -0.4 is 20.5 Å². The predicted molar refractivity (Wildman–Crippen MR) is 118 cm³/mol. The van der Waals surface area contributed by atoms with Gasteiger partial charge in [0.2, 0.25) is 0 Å². The van der Waals surface area contributed by atoms with Crippen LogP contribution in [0, 0.1) is 0 Å². The Bertz CT molecular complexity index is 709. The first-order chi connectivity index (χ1) is 15.0. The Labute approximate surface area is 188 Å². The van der Waals surface area contributed by atoms with Gasteiger partial charge in [0, 0.05) is 45.7 Å². The van der Waals surface area contributed by atoms with E-state index >= 15 is 0 Å². The van der Waals surface area contributed by atoms with Crippen molar-refractivity contribution in [2.75, 3.05) is 47.0 Å². The molecule has 0 bridgehead atoms. The highest BCUT2D eigenvalue weighted by Crippen LogP contribution is 2.28. The lowest BCUT2D eigenvalue weighted by Gasteiger charge is -2.20. The smallest absolute Gasteiger partial charge is 0.300 e. The summed E-state index contributed by atoms with van der Waals surface area (Å²) >= 11 is 0. The number of likely N-dealkylation sites (tertiary alicyclic amines) is 1. The van der Waals surface area contributed by atoms with E-state index in [0.717, 1.165) is 26.9 Å². The van der Waals surface area contributed by atoms with Gasteiger partial charge in [0.25, 0.3) is 17.8 Å². The van der Waals surface area contributed by atoms with Crippen LogP contribution in [0.3, 0.4) is 0 Å². The van der Waals surface area contributed by atoms with Gasteiger partial charge >= 0.3 is 0 Å². The fourth-order valence-corrected chi connectivity index (χ4v) is 2.84. The topological polar surface area (TPSA) is 161 Å². The summed E-state index contributed by atoms with van der Waals surface area (Å²) in [4.78, 5) is 32.7. The summed E-state index contributed by atoms with van der Waals surface area (Å²) in [6.07, 6.45) is 0.00941. The number of nitrogens with two attached hydrogens (primary N) is 1. The van der Waals surface area contributed by atoms with Crippen molar-refractivity contribution in [2.24, 2.45) is 5.73 Å². The molecule has 1 amide bonds. The number of likely N-dealkylation sites (N-methyl/N-ethyl adjacent to an activating group) is 1. The van der Waals surface area contributed by atoms with E-state index in [9.17, 15) is 4.79 Å². The van der Waals surface area contributed by atoms with Gasteiger partial charge in [-0.3, -0.25) is 14.4 Å². The largest absolute Gasteiger partial charge is 0.493 e. The van der Waals surface area contributed by atoms with Gasteiger partial charge in [-0.05, 0) is 32.2 Å².